The minimum Gasteiger partial charge on any atom is -0.466 e. The third-order valence-electron chi connectivity index (χ3n) is 7.43. The van der Waals surface area contributed by atoms with E-state index >= 15 is 4.39 Å². The van der Waals surface area contributed by atoms with E-state index in [0.29, 0.717) is 54.7 Å². The van der Waals surface area contributed by atoms with E-state index in [0.717, 1.165) is 5.56 Å². The van der Waals surface area contributed by atoms with Crippen LogP contribution in [0, 0.1) is 11.7 Å². The van der Waals surface area contributed by atoms with E-state index < -0.39 is 17.8 Å². The van der Waals surface area contributed by atoms with Crippen molar-refractivity contribution in [3.8, 4) is 0 Å². The van der Waals surface area contributed by atoms with Gasteiger partial charge in [-0.25, -0.2) is 14.2 Å². The van der Waals surface area contributed by atoms with Gasteiger partial charge in [-0.2, -0.15) is 0 Å². The molecule has 1 fully saturated rings. The molecule has 0 radical (unpaired) electrons. The number of amidine groups is 1. The molecule has 0 saturated carbocycles. The zero-order chi connectivity index (χ0) is 28.9. The van der Waals surface area contributed by atoms with E-state index in [1.807, 2.05) is 35.7 Å². The Morgan fingerprint density at radius 2 is 1.73 bits per heavy atom. The van der Waals surface area contributed by atoms with Crippen LogP contribution in [0.15, 0.2) is 82.0 Å². The van der Waals surface area contributed by atoms with Gasteiger partial charge in [0.05, 0.1) is 36.3 Å². The van der Waals surface area contributed by atoms with Crippen LogP contribution in [0.25, 0.3) is 0 Å². The number of rotatable bonds is 8. The largest absolute Gasteiger partial charge is 0.466 e. The molecule has 1 amide bonds. The van der Waals surface area contributed by atoms with Gasteiger partial charge in [0.15, 0.2) is 5.17 Å². The first kappa shape index (κ1) is 28.6. The molecule has 3 aliphatic rings. The predicted molar refractivity (Wildman–Crippen MR) is 154 cm³/mol. The summed E-state index contributed by atoms with van der Waals surface area (Å²) >= 11 is 1.34. The number of halogens is 1. The minimum atomic E-state index is -0.851. The van der Waals surface area contributed by atoms with Crippen molar-refractivity contribution in [2.45, 2.75) is 45.8 Å². The molecule has 3 heterocycles. The van der Waals surface area contributed by atoms with E-state index in [1.54, 1.807) is 41.8 Å². The van der Waals surface area contributed by atoms with Crippen LogP contribution < -0.4 is 0 Å². The first-order chi connectivity index (χ1) is 19.9. The number of hydrogen-bond acceptors (Lipinski definition) is 8. The molecule has 0 bridgehead atoms. The summed E-state index contributed by atoms with van der Waals surface area (Å²) in [4.78, 5) is 47.2. The summed E-state index contributed by atoms with van der Waals surface area (Å²) in [6.45, 7) is 4.81. The first-order valence-corrected chi connectivity index (χ1v) is 14.6. The highest BCUT2D eigenvalue weighted by atomic mass is 32.2. The number of nitrogens with zero attached hydrogens (tertiary/aromatic N) is 3. The number of carbonyl (C=O) groups excluding carboxylic acids is 3. The molecule has 10 heteroatoms. The van der Waals surface area contributed by atoms with Crippen molar-refractivity contribution >= 4 is 34.8 Å². The number of likely N-dealkylation sites (tertiary alicyclic amines) is 1. The molecule has 0 spiro atoms. The van der Waals surface area contributed by atoms with Crippen LogP contribution in [0.4, 0.5) is 4.39 Å². The Hall–Kier alpha value is -3.92. The van der Waals surface area contributed by atoms with Gasteiger partial charge >= 0.3 is 11.9 Å². The van der Waals surface area contributed by atoms with Crippen molar-refractivity contribution in [1.82, 2.24) is 9.80 Å². The molecule has 5 rings (SSSR count). The number of ether oxygens (including phenoxy) is 2. The quantitative estimate of drug-likeness (QED) is 0.392. The number of piperidine rings is 1. The number of esters is 2. The van der Waals surface area contributed by atoms with Gasteiger partial charge in [0.1, 0.15) is 12.4 Å². The number of benzene rings is 2. The fraction of sp³-hybridized carbons (Fsp3) is 0.355. The lowest BCUT2D eigenvalue weighted by molar-refractivity contribution is -0.151. The summed E-state index contributed by atoms with van der Waals surface area (Å²) in [6, 6.07) is 14.8. The lowest BCUT2D eigenvalue weighted by atomic mass is 9.93. The van der Waals surface area contributed by atoms with E-state index in [-0.39, 0.29) is 36.4 Å². The predicted octanol–water partition coefficient (Wildman–Crippen LogP) is 5.34. The van der Waals surface area contributed by atoms with E-state index in [4.69, 9.17) is 9.47 Å². The number of aliphatic imine (C=N–C) groups is 1. The zero-order valence-electron chi connectivity index (χ0n) is 23.0. The second-order valence-electron chi connectivity index (χ2n) is 10.1. The zero-order valence-corrected chi connectivity index (χ0v) is 23.9. The molecule has 3 aliphatic heterocycles. The lowest BCUT2D eigenvalue weighted by Crippen LogP contribution is -2.42. The van der Waals surface area contributed by atoms with Crippen molar-refractivity contribution in [1.29, 1.82) is 0 Å². The summed E-state index contributed by atoms with van der Waals surface area (Å²) in [6.07, 6.45) is 1.14. The number of hydrogen-bond donors (Lipinski definition) is 0. The average Bonchev–Trinajstić information content (AvgIpc) is 3.38. The van der Waals surface area contributed by atoms with Crippen LogP contribution in [0.1, 0.15) is 50.3 Å². The Kier molecular flexibility index (Phi) is 8.87. The Morgan fingerprint density at radius 1 is 1.02 bits per heavy atom. The highest BCUT2D eigenvalue weighted by Crippen LogP contribution is 2.45. The van der Waals surface area contributed by atoms with Gasteiger partial charge in [-0.05, 0) is 43.7 Å². The van der Waals surface area contributed by atoms with Gasteiger partial charge in [0, 0.05) is 24.4 Å². The Balaban J connectivity index is 1.37. The Morgan fingerprint density at radius 3 is 2.44 bits per heavy atom. The maximum absolute atomic E-state index is 15.3. The molecule has 214 valence electrons. The van der Waals surface area contributed by atoms with E-state index in [9.17, 15) is 14.4 Å². The standard InChI is InChI=1S/C31H32FN3O5S/c1-3-39-29(37)22-13-15-34(16-14-22)26(36)17-23-19-41-31-33-20(2)27(30(38)40-18-21-9-5-4-6-10-21)28(35(23)31)24-11-7-8-12-25(24)32/h4-12,19,22,28H,3,13-18H2,1-2H3/t28-/m1/s1. The van der Waals surface area contributed by atoms with Crippen LogP contribution in [-0.2, 0) is 30.5 Å². The van der Waals surface area contributed by atoms with Gasteiger partial charge in [0.25, 0.3) is 0 Å². The highest BCUT2D eigenvalue weighted by molar-refractivity contribution is 8.16. The topological polar surface area (TPSA) is 88.5 Å². The first-order valence-electron chi connectivity index (χ1n) is 13.7. The monoisotopic (exact) mass is 577 g/mol. The summed E-state index contributed by atoms with van der Waals surface area (Å²) in [5.74, 6) is -1.59. The number of carbonyl (C=O) groups is 3. The minimum absolute atomic E-state index is 0.0481. The molecule has 0 aliphatic carbocycles. The van der Waals surface area contributed by atoms with Gasteiger partial charge in [-0.1, -0.05) is 60.3 Å². The summed E-state index contributed by atoms with van der Waals surface area (Å²) < 4.78 is 26.1. The normalized spacial score (nSPS) is 19.0. The van der Waals surface area contributed by atoms with Crippen molar-refractivity contribution < 1.29 is 28.2 Å². The summed E-state index contributed by atoms with van der Waals surface area (Å²) in [7, 11) is 0. The second-order valence-corrected chi connectivity index (χ2v) is 10.9. The van der Waals surface area contributed by atoms with Crippen LogP contribution in [-0.4, -0.2) is 52.5 Å². The Labute approximate surface area is 242 Å². The fourth-order valence-electron chi connectivity index (χ4n) is 5.31. The van der Waals surface area contributed by atoms with Gasteiger partial charge < -0.3 is 19.3 Å². The summed E-state index contributed by atoms with van der Waals surface area (Å²) in [5, 5.41) is 2.40. The molecule has 1 saturated heterocycles. The third kappa shape index (κ3) is 6.22. The molecule has 41 heavy (non-hydrogen) atoms. The molecular formula is C31H32FN3O5S. The maximum Gasteiger partial charge on any atom is 0.338 e. The van der Waals surface area contributed by atoms with Crippen LogP contribution in [0.5, 0.6) is 0 Å². The van der Waals surface area contributed by atoms with Crippen molar-refractivity contribution in [2.75, 3.05) is 19.7 Å². The number of thioether (sulfide) groups is 1. The third-order valence-corrected chi connectivity index (χ3v) is 8.32. The molecule has 0 aromatic heterocycles. The highest BCUT2D eigenvalue weighted by Gasteiger charge is 2.42. The molecule has 0 unspecified atom stereocenters. The summed E-state index contributed by atoms with van der Waals surface area (Å²) in [5.41, 5.74) is 2.42. The molecule has 0 N–H and O–H groups in total. The maximum atomic E-state index is 15.3. The molecule has 2 aromatic rings. The lowest BCUT2D eigenvalue weighted by Gasteiger charge is -2.37. The fourth-order valence-corrected chi connectivity index (χ4v) is 6.28. The molecular weight excluding hydrogens is 545 g/mol. The van der Waals surface area contributed by atoms with Gasteiger partial charge in [-0.3, -0.25) is 9.59 Å². The van der Waals surface area contributed by atoms with Crippen LogP contribution in [0.3, 0.4) is 0 Å². The van der Waals surface area contributed by atoms with Crippen molar-refractivity contribution in [3.63, 3.8) is 0 Å². The van der Waals surface area contributed by atoms with Crippen LogP contribution in [0.2, 0.25) is 0 Å². The number of amides is 1. The van der Waals surface area contributed by atoms with E-state index in [1.165, 1.54) is 17.8 Å². The molecule has 1 atom stereocenters. The van der Waals surface area contributed by atoms with Crippen molar-refractivity contribution in [3.05, 3.63) is 93.9 Å². The SMILES string of the molecule is CCOC(=O)C1CCN(C(=O)CC2=CSC3=NC(C)=C(C(=O)OCc4ccccc4)[C@@H](c4ccccc4F)N23)CC1. The number of fused-ring (bicyclic) bond motifs is 1. The molecule has 2 aromatic carbocycles. The van der Waals surface area contributed by atoms with Gasteiger partial charge in [0.2, 0.25) is 5.91 Å². The number of allylic oxidation sites excluding steroid dienone is 1. The van der Waals surface area contributed by atoms with Crippen LogP contribution >= 0.6 is 11.8 Å². The van der Waals surface area contributed by atoms with Gasteiger partial charge in [-0.15, -0.1) is 0 Å². The smallest absolute Gasteiger partial charge is 0.338 e. The second kappa shape index (κ2) is 12.7. The Bertz CT molecular complexity index is 1420. The van der Waals surface area contributed by atoms with Crippen molar-refractivity contribution in [2.24, 2.45) is 10.9 Å². The molecule has 8 nitrogen and oxygen atoms in total. The van der Waals surface area contributed by atoms with E-state index in [2.05, 4.69) is 4.99 Å². The average molecular weight is 578 g/mol.